The maximum absolute atomic E-state index is 11.8. The van der Waals surface area contributed by atoms with Crippen LogP contribution in [0.4, 0.5) is 5.82 Å². The van der Waals surface area contributed by atoms with Gasteiger partial charge >= 0.3 is 0 Å². The molecule has 2 atom stereocenters. The average Bonchev–Trinajstić information content (AvgIpc) is 3.21. The second-order valence-corrected chi connectivity index (χ2v) is 7.37. The number of benzene rings is 3. The monoisotopic (exact) mass is 383 g/mol. The van der Waals surface area contributed by atoms with Crippen molar-refractivity contribution >= 4 is 33.4 Å². The Hall–Kier alpha value is -3.51. The quantitative estimate of drug-likeness (QED) is 0.504. The molecule has 2 heterocycles. The molecule has 1 fully saturated rings. The first kappa shape index (κ1) is 17.6. The summed E-state index contributed by atoms with van der Waals surface area (Å²) in [5.74, 6) is 0.527. The number of carbonyl (C=O) groups is 1. The molecule has 0 bridgehead atoms. The van der Waals surface area contributed by atoms with Gasteiger partial charge in [0.15, 0.2) is 0 Å². The third-order valence-electron chi connectivity index (χ3n) is 5.69. The predicted molar refractivity (Wildman–Crippen MR) is 115 cm³/mol. The van der Waals surface area contributed by atoms with Crippen LogP contribution in [0, 0.1) is 0 Å². The summed E-state index contributed by atoms with van der Waals surface area (Å²) >= 11 is 0. The van der Waals surface area contributed by atoms with Gasteiger partial charge in [-0.3, -0.25) is 4.79 Å². The summed E-state index contributed by atoms with van der Waals surface area (Å²) in [6, 6.07) is 20.5. The molecule has 4 N–H and O–H groups in total. The van der Waals surface area contributed by atoms with E-state index in [1.807, 2.05) is 12.1 Å². The molecular weight excluding hydrogens is 362 g/mol. The molecular formula is C23H21N5O. The molecule has 5 rings (SSSR count). The van der Waals surface area contributed by atoms with E-state index in [0.717, 1.165) is 24.3 Å². The van der Waals surface area contributed by atoms with Gasteiger partial charge in [-0.05, 0) is 28.5 Å². The normalized spacial score (nSPS) is 18.9. The van der Waals surface area contributed by atoms with Crippen LogP contribution >= 0.6 is 0 Å². The molecule has 0 aliphatic carbocycles. The first-order valence-corrected chi connectivity index (χ1v) is 9.71. The number of amides is 1. The summed E-state index contributed by atoms with van der Waals surface area (Å²) in [5, 5.41) is 10.4. The molecule has 1 aliphatic rings. The summed E-state index contributed by atoms with van der Waals surface area (Å²) in [7, 11) is 0. The average molecular weight is 383 g/mol. The van der Waals surface area contributed by atoms with E-state index in [1.54, 1.807) is 6.07 Å². The van der Waals surface area contributed by atoms with Crippen LogP contribution in [0.3, 0.4) is 0 Å². The van der Waals surface area contributed by atoms with E-state index >= 15 is 0 Å². The van der Waals surface area contributed by atoms with Gasteiger partial charge in [0.1, 0.15) is 12.1 Å². The first-order chi connectivity index (χ1) is 14.2. The first-order valence-electron chi connectivity index (χ1n) is 9.71. The number of anilines is 1. The van der Waals surface area contributed by atoms with Crippen molar-refractivity contribution in [3.63, 3.8) is 0 Å². The topological polar surface area (TPSA) is 92.9 Å². The number of aromatic nitrogens is 2. The van der Waals surface area contributed by atoms with Gasteiger partial charge in [-0.25, -0.2) is 9.97 Å². The molecule has 144 valence electrons. The minimum absolute atomic E-state index is 0.163. The maximum Gasteiger partial charge on any atom is 0.250 e. The smallest absolute Gasteiger partial charge is 0.250 e. The Morgan fingerprint density at radius 2 is 1.76 bits per heavy atom. The number of nitrogens with two attached hydrogens (primary N) is 1. The molecule has 1 unspecified atom stereocenters. The highest BCUT2D eigenvalue weighted by Gasteiger charge is 2.30. The maximum atomic E-state index is 11.8. The van der Waals surface area contributed by atoms with Crippen LogP contribution in [0.15, 0.2) is 67.0 Å². The summed E-state index contributed by atoms with van der Waals surface area (Å²) in [5.41, 5.74) is 7.82. The fourth-order valence-corrected chi connectivity index (χ4v) is 4.31. The predicted octanol–water partition coefficient (Wildman–Crippen LogP) is 3.05. The molecule has 1 saturated heterocycles. The fraction of sp³-hybridized carbons (Fsp3) is 0.174. The van der Waals surface area contributed by atoms with Gasteiger partial charge in [0.05, 0.1) is 11.1 Å². The Morgan fingerprint density at radius 1 is 0.966 bits per heavy atom. The van der Waals surface area contributed by atoms with Crippen molar-refractivity contribution in [3.05, 3.63) is 78.1 Å². The zero-order valence-electron chi connectivity index (χ0n) is 15.8. The van der Waals surface area contributed by atoms with E-state index in [1.165, 1.54) is 22.7 Å². The fourth-order valence-electron chi connectivity index (χ4n) is 4.31. The van der Waals surface area contributed by atoms with E-state index in [4.69, 9.17) is 5.73 Å². The standard InChI is InChI=1S/C23H21N5O/c24-22(29)17-9-4-10-18-21(17)26-13-27-23(18)28-20-12-25-11-19(20)16-8-3-6-14-5-1-2-7-15(14)16/h1-10,13,19-20,25H,11-12H2,(H2,24,29)(H,26,27,28)/t19-,20?/m1/s1. The van der Waals surface area contributed by atoms with Gasteiger partial charge in [0.2, 0.25) is 0 Å². The molecule has 0 saturated carbocycles. The second kappa shape index (κ2) is 7.14. The number of fused-ring (bicyclic) bond motifs is 2. The number of rotatable bonds is 4. The van der Waals surface area contributed by atoms with Crippen molar-refractivity contribution in [1.29, 1.82) is 0 Å². The highest BCUT2D eigenvalue weighted by atomic mass is 16.1. The summed E-state index contributed by atoms with van der Waals surface area (Å²) in [6.45, 7) is 1.72. The SMILES string of the molecule is NC(=O)c1cccc2c(NC3CNC[C@@H]3c3cccc4ccccc34)ncnc12. The Morgan fingerprint density at radius 3 is 2.66 bits per heavy atom. The van der Waals surface area contributed by atoms with Crippen LogP contribution < -0.4 is 16.4 Å². The van der Waals surface area contributed by atoms with E-state index in [2.05, 4.69) is 63.1 Å². The van der Waals surface area contributed by atoms with Crippen molar-refractivity contribution in [3.8, 4) is 0 Å². The number of nitrogens with one attached hydrogen (secondary N) is 2. The highest BCUT2D eigenvalue weighted by molar-refractivity contribution is 6.06. The Labute approximate surface area is 168 Å². The van der Waals surface area contributed by atoms with Crippen molar-refractivity contribution < 1.29 is 4.79 Å². The summed E-state index contributed by atoms with van der Waals surface area (Å²) in [4.78, 5) is 20.5. The van der Waals surface area contributed by atoms with E-state index < -0.39 is 5.91 Å². The van der Waals surface area contributed by atoms with Gasteiger partial charge in [-0.15, -0.1) is 0 Å². The van der Waals surface area contributed by atoms with Gasteiger partial charge in [0, 0.05) is 30.4 Å². The van der Waals surface area contributed by atoms with Gasteiger partial charge in [0.25, 0.3) is 5.91 Å². The van der Waals surface area contributed by atoms with Crippen LogP contribution in [0.2, 0.25) is 0 Å². The number of primary amides is 1. The molecule has 0 radical (unpaired) electrons. The zero-order chi connectivity index (χ0) is 19.8. The van der Waals surface area contributed by atoms with Crippen LogP contribution in [0.1, 0.15) is 21.8 Å². The lowest BCUT2D eigenvalue weighted by Gasteiger charge is -2.23. The number of para-hydroxylation sites is 1. The molecule has 6 nitrogen and oxygen atoms in total. The van der Waals surface area contributed by atoms with Crippen molar-refractivity contribution in [2.75, 3.05) is 18.4 Å². The van der Waals surface area contributed by atoms with Gasteiger partial charge in [-0.1, -0.05) is 48.5 Å². The molecule has 1 aromatic heterocycles. The van der Waals surface area contributed by atoms with Crippen molar-refractivity contribution in [1.82, 2.24) is 15.3 Å². The molecule has 1 aliphatic heterocycles. The number of hydrogen-bond donors (Lipinski definition) is 3. The van der Waals surface area contributed by atoms with Crippen molar-refractivity contribution in [2.24, 2.45) is 5.73 Å². The number of hydrogen-bond acceptors (Lipinski definition) is 5. The number of nitrogens with zero attached hydrogens (tertiary/aromatic N) is 2. The molecule has 0 spiro atoms. The molecule has 1 amide bonds. The Bertz CT molecular complexity index is 1220. The highest BCUT2D eigenvalue weighted by Crippen LogP contribution is 2.32. The van der Waals surface area contributed by atoms with Gasteiger partial charge < -0.3 is 16.4 Å². The molecule has 3 aromatic carbocycles. The number of carbonyl (C=O) groups excluding carboxylic acids is 1. The van der Waals surface area contributed by atoms with Crippen LogP contribution in [-0.4, -0.2) is 35.0 Å². The minimum atomic E-state index is -0.489. The third-order valence-corrected chi connectivity index (χ3v) is 5.69. The Balaban J connectivity index is 1.54. The Kier molecular flexibility index (Phi) is 4.33. The zero-order valence-corrected chi connectivity index (χ0v) is 15.8. The largest absolute Gasteiger partial charge is 0.366 e. The lowest BCUT2D eigenvalue weighted by molar-refractivity contribution is 0.100. The minimum Gasteiger partial charge on any atom is -0.366 e. The molecule has 29 heavy (non-hydrogen) atoms. The van der Waals surface area contributed by atoms with Crippen LogP contribution in [-0.2, 0) is 0 Å². The summed E-state index contributed by atoms with van der Waals surface area (Å²) < 4.78 is 0. The van der Waals surface area contributed by atoms with Crippen molar-refractivity contribution in [2.45, 2.75) is 12.0 Å². The molecule has 6 heteroatoms. The lowest BCUT2D eigenvalue weighted by Crippen LogP contribution is -2.28. The van der Waals surface area contributed by atoms with E-state index in [0.29, 0.717) is 17.0 Å². The van der Waals surface area contributed by atoms with E-state index in [-0.39, 0.29) is 6.04 Å². The van der Waals surface area contributed by atoms with E-state index in [9.17, 15) is 4.79 Å². The third kappa shape index (κ3) is 3.07. The summed E-state index contributed by atoms with van der Waals surface area (Å²) in [6.07, 6.45) is 1.48. The molecule has 4 aromatic rings. The second-order valence-electron chi connectivity index (χ2n) is 7.37. The van der Waals surface area contributed by atoms with Gasteiger partial charge in [-0.2, -0.15) is 0 Å². The lowest BCUT2D eigenvalue weighted by atomic mass is 9.90. The van der Waals surface area contributed by atoms with Crippen LogP contribution in [0.25, 0.3) is 21.7 Å². The van der Waals surface area contributed by atoms with Crippen LogP contribution in [0.5, 0.6) is 0 Å².